The van der Waals surface area contributed by atoms with Gasteiger partial charge in [-0.2, -0.15) is 0 Å². The molecule has 4 atom stereocenters. The normalized spacial score (nSPS) is 29.1. The van der Waals surface area contributed by atoms with Crippen molar-refractivity contribution < 1.29 is 14.3 Å². The Morgan fingerprint density at radius 1 is 1.37 bits per heavy atom. The Kier molecular flexibility index (Phi) is 4.32. The van der Waals surface area contributed by atoms with E-state index in [-0.39, 0.29) is 17.9 Å². The molecule has 30 heavy (non-hydrogen) atoms. The van der Waals surface area contributed by atoms with E-state index in [0.717, 1.165) is 5.69 Å². The Bertz CT molecular complexity index is 998. The van der Waals surface area contributed by atoms with E-state index in [0.29, 0.717) is 24.8 Å². The molecule has 0 saturated carbocycles. The van der Waals surface area contributed by atoms with Crippen molar-refractivity contribution in [2.75, 3.05) is 18.5 Å². The molecule has 1 spiro atoms. The summed E-state index contributed by atoms with van der Waals surface area (Å²) in [7, 11) is 1.75. The third-order valence-electron chi connectivity index (χ3n) is 6.57. The van der Waals surface area contributed by atoms with E-state index in [1.165, 1.54) is 5.56 Å². The molecular formula is C23H26N4O3. The Morgan fingerprint density at radius 2 is 2.13 bits per heavy atom. The zero-order valence-electron chi connectivity index (χ0n) is 17.4. The van der Waals surface area contributed by atoms with Crippen LogP contribution in [0.1, 0.15) is 31.2 Å². The molecule has 2 amide bonds. The van der Waals surface area contributed by atoms with Gasteiger partial charge in [0.1, 0.15) is 11.4 Å². The predicted octanol–water partition coefficient (Wildman–Crippen LogP) is 2.48. The summed E-state index contributed by atoms with van der Waals surface area (Å²) in [6, 6.07) is 8.10. The van der Waals surface area contributed by atoms with E-state index < -0.39 is 17.4 Å². The van der Waals surface area contributed by atoms with Gasteiger partial charge in [0, 0.05) is 25.1 Å². The van der Waals surface area contributed by atoms with Crippen molar-refractivity contribution >= 4 is 17.5 Å². The molecule has 2 fully saturated rings. The summed E-state index contributed by atoms with van der Waals surface area (Å²) in [5.41, 5.74) is 1.36. The predicted molar refractivity (Wildman–Crippen MR) is 112 cm³/mol. The molecule has 0 aliphatic carbocycles. The molecule has 7 heteroatoms. The highest BCUT2D eigenvalue weighted by Gasteiger charge is 2.67. The Balaban J connectivity index is 1.40. The molecule has 5 rings (SSSR count). The van der Waals surface area contributed by atoms with Gasteiger partial charge < -0.3 is 19.5 Å². The van der Waals surface area contributed by atoms with E-state index in [2.05, 4.69) is 35.9 Å². The van der Waals surface area contributed by atoms with Crippen molar-refractivity contribution in [3.63, 3.8) is 0 Å². The first-order valence-electron chi connectivity index (χ1n) is 10.4. The average Bonchev–Trinajstić information content (AvgIpc) is 3.50. The van der Waals surface area contributed by atoms with Gasteiger partial charge in [-0.1, -0.05) is 38.1 Å². The van der Waals surface area contributed by atoms with Gasteiger partial charge in [0.25, 0.3) is 0 Å². The lowest BCUT2D eigenvalue weighted by molar-refractivity contribution is -0.139. The Hall–Kier alpha value is -2.93. The summed E-state index contributed by atoms with van der Waals surface area (Å²) in [5.74, 6) is 0.0118. The number of benzene rings is 1. The fraction of sp³-hybridized carbons (Fsp3) is 0.435. The molecular weight excluding hydrogens is 380 g/mol. The molecule has 2 bridgehead atoms. The van der Waals surface area contributed by atoms with Crippen molar-refractivity contribution in [2.24, 2.45) is 11.8 Å². The molecule has 0 radical (unpaired) electrons. The minimum atomic E-state index is -0.718. The monoisotopic (exact) mass is 406 g/mol. The second-order valence-electron chi connectivity index (χ2n) is 8.80. The molecule has 4 heterocycles. The molecule has 7 nitrogen and oxygen atoms in total. The van der Waals surface area contributed by atoms with Gasteiger partial charge in [-0.25, -0.2) is 4.98 Å². The third kappa shape index (κ3) is 2.80. The topological polar surface area (TPSA) is 78.5 Å². The number of carbonyl (C=O) groups excluding carboxylic acids is 2. The number of aromatic nitrogens is 2. The number of aromatic amines is 1. The van der Waals surface area contributed by atoms with Gasteiger partial charge in [-0.05, 0) is 23.6 Å². The lowest BCUT2D eigenvalue weighted by Gasteiger charge is -2.27. The van der Waals surface area contributed by atoms with Crippen molar-refractivity contribution in [3.8, 4) is 0 Å². The minimum absolute atomic E-state index is 0.0381. The van der Waals surface area contributed by atoms with Crippen LogP contribution < -0.4 is 4.90 Å². The summed E-state index contributed by atoms with van der Waals surface area (Å²) in [6.45, 7) is 5.10. The number of hydrogen-bond acceptors (Lipinski definition) is 4. The summed E-state index contributed by atoms with van der Waals surface area (Å²) in [6.07, 6.45) is 6.97. The summed E-state index contributed by atoms with van der Waals surface area (Å²) >= 11 is 0. The van der Waals surface area contributed by atoms with Gasteiger partial charge in [0.15, 0.2) is 0 Å². The van der Waals surface area contributed by atoms with Crippen molar-refractivity contribution in [1.29, 1.82) is 0 Å². The van der Waals surface area contributed by atoms with Crippen LogP contribution >= 0.6 is 0 Å². The third-order valence-corrected chi connectivity index (χ3v) is 6.57. The first kappa shape index (κ1) is 19.1. The number of H-pyrrole nitrogens is 1. The number of anilines is 1. The highest BCUT2D eigenvalue weighted by Crippen LogP contribution is 2.53. The van der Waals surface area contributed by atoms with E-state index in [1.54, 1.807) is 29.2 Å². The van der Waals surface area contributed by atoms with Crippen LogP contribution in [0.25, 0.3) is 0 Å². The molecule has 2 saturated heterocycles. The number of nitrogens with one attached hydrogen (secondary N) is 1. The lowest BCUT2D eigenvalue weighted by Crippen LogP contribution is -2.44. The smallest absolute Gasteiger partial charge is 0.234 e. The maximum absolute atomic E-state index is 13.5. The maximum atomic E-state index is 13.5. The largest absolute Gasteiger partial charge is 0.360 e. The lowest BCUT2D eigenvalue weighted by atomic mass is 9.76. The summed E-state index contributed by atoms with van der Waals surface area (Å²) in [4.78, 5) is 37.4. The number of ether oxygens (including phenoxy) is 1. The highest BCUT2D eigenvalue weighted by molar-refractivity contribution is 6.03. The van der Waals surface area contributed by atoms with Crippen molar-refractivity contribution in [3.05, 3.63) is 60.2 Å². The van der Waals surface area contributed by atoms with E-state index in [9.17, 15) is 9.59 Å². The zero-order chi connectivity index (χ0) is 21.0. The number of rotatable bonds is 5. The van der Waals surface area contributed by atoms with Crippen molar-refractivity contribution in [2.45, 2.75) is 38.0 Å². The van der Waals surface area contributed by atoms with Gasteiger partial charge >= 0.3 is 0 Å². The Morgan fingerprint density at radius 3 is 2.80 bits per heavy atom. The van der Waals surface area contributed by atoms with E-state index >= 15 is 0 Å². The molecule has 1 aromatic carbocycles. The fourth-order valence-electron chi connectivity index (χ4n) is 4.98. The first-order chi connectivity index (χ1) is 14.4. The average molecular weight is 406 g/mol. The molecule has 156 valence electrons. The van der Waals surface area contributed by atoms with Crippen LogP contribution in [0.5, 0.6) is 0 Å². The summed E-state index contributed by atoms with van der Waals surface area (Å²) in [5, 5.41) is 0. The number of hydrogen-bond donors (Lipinski definition) is 1. The fourth-order valence-corrected chi connectivity index (χ4v) is 4.98. The molecule has 2 aromatic rings. The van der Waals surface area contributed by atoms with Crippen LogP contribution in [0.3, 0.4) is 0 Å². The molecule has 3 aliphatic heterocycles. The molecule has 1 N–H and O–H groups in total. The van der Waals surface area contributed by atoms with Gasteiger partial charge in [-0.15, -0.1) is 0 Å². The number of nitrogens with zero attached hydrogens (tertiary/aromatic N) is 3. The van der Waals surface area contributed by atoms with Gasteiger partial charge in [-0.3, -0.25) is 9.59 Å². The van der Waals surface area contributed by atoms with Crippen molar-refractivity contribution in [1.82, 2.24) is 14.9 Å². The second-order valence-corrected chi connectivity index (χ2v) is 8.80. The number of amides is 2. The number of carbonyl (C=O) groups is 2. The highest BCUT2D eigenvalue weighted by atomic mass is 16.5. The minimum Gasteiger partial charge on any atom is -0.360 e. The van der Waals surface area contributed by atoms with Crippen LogP contribution in [0.2, 0.25) is 0 Å². The number of fused-ring (bicyclic) bond motifs is 1. The van der Waals surface area contributed by atoms with E-state index in [4.69, 9.17) is 4.74 Å². The van der Waals surface area contributed by atoms with Crippen LogP contribution in [0.4, 0.5) is 5.69 Å². The van der Waals surface area contributed by atoms with Crippen LogP contribution in [-0.4, -0.2) is 52.0 Å². The maximum Gasteiger partial charge on any atom is 0.234 e. The second kappa shape index (κ2) is 6.80. The molecule has 2 unspecified atom stereocenters. The van der Waals surface area contributed by atoms with Crippen LogP contribution in [0, 0.1) is 11.8 Å². The van der Waals surface area contributed by atoms with Gasteiger partial charge in [0.05, 0.1) is 31.0 Å². The van der Waals surface area contributed by atoms with Gasteiger partial charge in [0.2, 0.25) is 11.8 Å². The molecule has 1 aromatic heterocycles. The SMILES string of the molecule is CC(C)c1ccc(N2C[C@]34C=C[C@H](O3)C(C(=O)N(C)Cc3ncc[nH]3)C4C2=O)cc1. The molecule has 3 aliphatic rings. The first-order valence-corrected chi connectivity index (χ1v) is 10.4. The van der Waals surface area contributed by atoms with Crippen LogP contribution in [0.15, 0.2) is 48.8 Å². The quantitative estimate of drug-likeness (QED) is 0.774. The standard InChI is InChI=1S/C23H26N4O3/c1-14(2)15-4-6-16(7-5-15)27-13-23-9-8-17(30-23)19(20(23)22(27)29)21(28)26(3)12-18-24-10-11-25-18/h4-11,14,17,19-20H,12-13H2,1-3H3,(H,24,25)/t17-,19?,20?,23-/m0/s1. The van der Waals surface area contributed by atoms with Crippen LogP contribution in [-0.2, 0) is 20.9 Å². The summed E-state index contributed by atoms with van der Waals surface area (Å²) < 4.78 is 6.24. The zero-order valence-corrected chi connectivity index (χ0v) is 17.4. The van der Waals surface area contributed by atoms with E-state index in [1.807, 2.05) is 24.3 Å². The Labute approximate surface area is 175 Å². The number of imidazole rings is 1.